The first-order valence-corrected chi connectivity index (χ1v) is 13.5. The van der Waals surface area contributed by atoms with Gasteiger partial charge in [0.2, 0.25) is 5.91 Å². The van der Waals surface area contributed by atoms with Gasteiger partial charge in [-0.25, -0.2) is 9.37 Å². The van der Waals surface area contributed by atoms with E-state index in [4.69, 9.17) is 10.00 Å². The zero-order valence-corrected chi connectivity index (χ0v) is 22.6. The first-order chi connectivity index (χ1) is 20.5. The molecule has 1 saturated heterocycles. The molecule has 8 nitrogen and oxygen atoms in total. The van der Waals surface area contributed by atoms with Crippen molar-refractivity contribution in [2.75, 3.05) is 24.5 Å². The number of nitriles is 1. The molecule has 0 spiro atoms. The van der Waals surface area contributed by atoms with E-state index < -0.39 is 5.82 Å². The van der Waals surface area contributed by atoms with Crippen LogP contribution in [0.3, 0.4) is 0 Å². The number of rotatable bonds is 7. The van der Waals surface area contributed by atoms with Gasteiger partial charge in [0.25, 0.3) is 5.91 Å². The quantitative estimate of drug-likeness (QED) is 0.275. The maximum atomic E-state index is 14.1. The molecule has 42 heavy (non-hydrogen) atoms. The maximum Gasteiger partial charge on any atom is 0.272 e. The molecule has 0 aliphatic carbocycles. The number of halogens is 1. The smallest absolute Gasteiger partial charge is 0.272 e. The third-order valence-electron chi connectivity index (χ3n) is 7.32. The standard InChI is InChI=1S/C33H26FN5O3/c34-29-15-24(9-10-26(29)17-35)19-38-22-36-18-31(38)33(41)37-13-14-39(32(40)20-37)30-8-4-7-25-11-12-27(16-28(25)30)42-21-23-5-2-1-3-6-23/h1-12,15-16,18,22H,13-14,19-21H2. The molecule has 0 saturated carbocycles. The number of piperazine rings is 1. The molecule has 2 amide bonds. The number of nitrogens with zero attached hydrogens (tertiary/aromatic N) is 5. The highest BCUT2D eigenvalue weighted by atomic mass is 19.1. The highest BCUT2D eigenvalue weighted by Crippen LogP contribution is 2.31. The molecule has 1 aliphatic heterocycles. The van der Waals surface area contributed by atoms with Crippen molar-refractivity contribution < 1.29 is 18.7 Å². The molecule has 1 aromatic heterocycles. The van der Waals surface area contributed by atoms with Crippen molar-refractivity contribution >= 4 is 28.3 Å². The molecule has 1 aliphatic rings. The van der Waals surface area contributed by atoms with Crippen LogP contribution in [0.5, 0.6) is 5.75 Å². The molecule has 208 valence electrons. The second-order valence-corrected chi connectivity index (χ2v) is 10.0. The average molecular weight is 560 g/mol. The van der Waals surface area contributed by atoms with Crippen molar-refractivity contribution in [3.05, 3.63) is 126 Å². The number of hydrogen-bond donors (Lipinski definition) is 0. The monoisotopic (exact) mass is 559 g/mol. The van der Waals surface area contributed by atoms with E-state index in [0.717, 1.165) is 22.0 Å². The second-order valence-electron chi connectivity index (χ2n) is 10.0. The summed E-state index contributed by atoms with van der Waals surface area (Å²) in [5, 5.41) is 10.8. The van der Waals surface area contributed by atoms with Crippen LogP contribution in [-0.4, -0.2) is 45.9 Å². The Kier molecular flexibility index (Phi) is 7.35. The summed E-state index contributed by atoms with van der Waals surface area (Å²) in [5.41, 5.74) is 2.67. The number of ether oxygens (including phenoxy) is 1. The van der Waals surface area contributed by atoms with E-state index in [2.05, 4.69) is 4.98 Å². The van der Waals surface area contributed by atoms with Gasteiger partial charge >= 0.3 is 0 Å². The van der Waals surface area contributed by atoms with Gasteiger partial charge in [0, 0.05) is 25.0 Å². The van der Waals surface area contributed by atoms with Gasteiger partial charge in [0.15, 0.2) is 0 Å². The molecule has 9 heteroatoms. The van der Waals surface area contributed by atoms with E-state index in [1.54, 1.807) is 21.6 Å². The largest absolute Gasteiger partial charge is 0.489 e. The van der Waals surface area contributed by atoms with Crippen LogP contribution in [0.1, 0.15) is 27.2 Å². The number of amides is 2. The molecule has 0 bridgehead atoms. The zero-order chi connectivity index (χ0) is 29.1. The number of imidazole rings is 1. The molecule has 6 rings (SSSR count). The zero-order valence-electron chi connectivity index (χ0n) is 22.6. The van der Waals surface area contributed by atoms with Gasteiger partial charge in [-0.15, -0.1) is 0 Å². The van der Waals surface area contributed by atoms with E-state index in [1.807, 2.05) is 66.7 Å². The highest BCUT2D eigenvalue weighted by molar-refractivity contribution is 6.07. The molecule has 4 aromatic carbocycles. The summed E-state index contributed by atoms with van der Waals surface area (Å²) in [5.74, 6) is -0.439. The van der Waals surface area contributed by atoms with E-state index in [9.17, 15) is 14.0 Å². The number of fused-ring (bicyclic) bond motifs is 1. The van der Waals surface area contributed by atoms with Crippen LogP contribution in [-0.2, 0) is 17.9 Å². The maximum absolute atomic E-state index is 14.1. The van der Waals surface area contributed by atoms with Gasteiger partial charge in [-0.2, -0.15) is 5.26 Å². The van der Waals surface area contributed by atoms with Gasteiger partial charge < -0.3 is 19.1 Å². The summed E-state index contributed by atoms with van der Waals surface area (Å²) in [6.45, 7) is 1.21. The minimum absolute atomic E-state index is 0.0424. The van der Waals surface area contributed by atoms with Gasteiger partial charge in [0.05, 0.1) is 23.8 Å². The van der Waals surface area contributed by atoms with Crippen LogP contribution in [0.2, 0.25) is 0 Å². The Bertz CT molecular complexity index is 1830. The number of anilines is 1. The lowest BCUT2D eigenvalue weighted by Crippen LogP contribution is -2.52. The molecular weight excluding hydrogens is 533 g/mol. The third-order valence-corrected chi connectivity index (χ3v) is 7.32. The summed E-state index contributed by atoms with van der Waals surface area (Å²) < 4.78 is 21.7. The van der Waals surface area contributed by atoms with Crippen molar-refractivity contribution in [2.24, 2.45) is 0 Å². The predicted octanol–water partition coefficient (Wildman–Crippen LogP) is 5.16. The fourth-order valence-electron chi connectivity index (χ4n) is 5.13. The molecule has 0 atom stereocenters. The van der Waals surface area contributed by atoms with Crippen molar-refractivity contribution in [3.63, 3.8) is 0 Å². The fraction of sp³-hybridized carbons (Fsp3) is 0.152. The lowest BCUT2D eigenvalue weighted by atomic mass is 10.1. The molecule has 2 heterocycles. The van der Waals surface area contributed by atoms with Crippen molar-refractivity contribution in [1.82, 2.24) is 14.5 Å². The Balaban J connectivity index is 1.17. The van der Waals surface area contributed by atoms with Crippen LogP contribution in [0.25, 0.3) is 10.8 Å². The van der Waals surface area contributed by atoms with Crippen molar-refractivity contribution in [1.29, 1.82) is 5.26 Å². The Morgan fingerprint density at radius 1 is 0.976 bits per heavy atom. The van der Waals surface area contributed by atoms with Gasteiger partial charge in [-0.3, -0.25) is 9.59 Å². The first kappa shape index (κ1) is 26.7. The van der Waals surface area contributed by atoms with E-state index >= 15 is 0 Å². The molecule has 0 N–H and O–H groups in total. The van der Waals surface area contributed by atoms with Crippen LogP contribution in [0.15, 0.2) is 97.5 Å². The summed E-state index contributed by atoms with van der Waals surface area (Å²) in [6, 6.07) is 27.7. The van der Waals surface area contributed by atoms with Crippen LogP contribution < -0.4 is 9.64 Å². The second kappa shape index (κ2) is 11.6. The SMILES string of the molecule is N#Cc1ccc(Cn2cncc2C(=O)N2CCN(c3cccc4ccc(OCc5ccccc5)cc34)C(=O)C2)cc1F. The number of carbonyl (C=O) groups excluding carboxylic acids is 2. The lowest BCUT2D eigenvalue weighted by molar-refractivity contribution is -0.120. The number of hydrogen-bond acceptors (Lipinski definition) is 5. The van der Waals surface area contributed by atoms with Gasteiger partial charge in [-0.1, -0.05) is 54.6 Å². The molecular formula is C33H26FN5O3. The molecule has 0 radical (unpaired) electrons. The van der Waals surface area contributed by atoms with Crippen LogP contribution >= 0.6 is 0 Å². The van der Waals surface area contributed by atoms with Crippen LogP contribution in [0, 0.1) is 17.1 Å². The number of benzene rings is 4. The Morgan fingerprint density at radius 3 is 2.62 bits per heavy atom. The van der Waals surface area contributed by atoms with Crippen molar-refractivity contribution in [3.8, 4) is 11.8 Å². The topological polar surface area (TPSA) is 91.5 Å². The summed E-state index contributed by atoms with van der Waals surface area (Å²) in [4.78, 5) is 34.2. The molecule has 5 aromatic rings. The van der Waals surface area contributed by atoms with E-state index in [1.165, 1.54) is 29.6 Å². The lowest BCUT2D eigenvalue weighted by Gasteiger charge is -2.35. The van der Waals surface area contributed by atoms with Gasteiger partial charge in [-0.05, 0) is 46.8 Å². The first-order valence-electron chi connectivity index (χ1n) is 13.5. The molecule has 1 fully saturated rings. The third kappa shape index (κ3) is 5.43. The van der Waals surface area contributed by atoms with Gasteiger partial charge in [0.1, 0.15) is 36.5 Å². The fourth-order valence-corrected chi connectivity index (χ4v) is 5.13. The Hall–Kier alpha value is -5.49. The molecule has 0 unspecified atom stereocenters. The average Bonchev–Trinajstić information content (AvgIpc) is 3.48. The summed E-state index contributed by atoms with van der Waals surface area (Å²) in [7, 11) is 0. The van der Waals surface area contributed by atoms with Crippen molar-refractivity contribution in [2.45, 2.75) is 13.2 Å². The minimum atomic E-state index is -0.618. The van der Waals surface area contributed by atoms with Crippen LogP contribution in [0.4, 0.5) is 10.1 Å². The minimum Gasteiger partial charge on any atom is -0.489 e. The van der Waals surface area contributed by atoms with E-state index in [0.29, 0.717) is 36.7 Å². The number of aromatic nitrogens is 2. The Morgan fingerprint density at radius 2 is 1.83 bits per heavy atom. The summed E-state index contributed by atoms with van der Waals surface area (Å²) in [6.07, 6.45) is 2.94. The normalized spacial score (nSPS) is 13.3. The van der Waals surface area contributed by atoms with E-state index in [-0.39, 0.29) is 30.5 Å². The summed E-state index contributed by atoms with van der Waals surface area (Å²) >= 11 is 0. The highest BCUT2D eigenvalue weighted by Gasteiger charge is 2.30. The Labute approximate surface area is 241 Å². The predicted molar refractivity (Wildman–Crippen MR) is 155 cm³/mol. The number of carbonyl (C=O) groups is 2.